The lowest BCUT2D eigenvalue weighted by molar-refractivity contribution is -0.144. The molecule has 0 aliphatic heterocycles. The van der Waals surface area contributed by atoms with E-state index in [-0.39, 0.29) is 5.91 Å². The van der Waals surface area contributed by atoms with Gasteiger partial charge in [-0.3, -0.25) is 9.59 Å². The van der Waals surface area contributed by atoms with E-state index in [1.165, 1.54) is 0 Å². The Labute approximate surface area is 83.9 Å². The molecule has 0 bridgehead atoms. The van der Waals surface area contributed by atoms with Gasteiger partial charge in [-0.2, -0.15) is 0 Å². The molecule has 0 radical (unpaired) electrons. The van der Waals surface area contributed by atoms with Gasteiger partial charge in [0.15, 0.2) is 0 Å². The summed E-state index contributed by atoms with van der Waals surface area (Å²) in [5, 5.41) is 14.2. The fourth-order valence-electron chi connectivity index (χ4n) is 0.929. The predicted molar refractivity (Wildman–Crippen MR) is 53.0 cm³/mol. The van der Waals surface area contributed by atoms with Crippen LogP contribution in [0.15, 0.2) is 0 Å². The Balaban J connectivity index is 3.97. The van der Waals surface area contributed by atoms with Crippen molar-refractivity contribution in [1.82, 2.24) is 10.6 Å². The lowest BCUT2D eigenvalue weighted by Gasteiger charge is -2.24. The summed E-state index contributed by atoms with van der Waals surface area (Å²) in [6.45, 7) is 3.77. The fraction of sp³-hybridized carbons (Fsp3) is 0.778. The number of amides is 1. The minimum absolute atomic E-state index is 0.0960. The zero-order valence-corrected chi connectivity index (χ0v) is 8.89. The standard InChI is InChI=1S/C9H18N2O3/c1-4-9(2,8(13)14)11-6-5-7(12)10-3/h11H,4-6H2,1-3H3,(H,10,12)(H,13,14). The van der Waals surface area contributed by atoms with Crippen molar-refractivity contribution < 1.29 is 14.7 Å². The molecular weight excluding hydrogens is 184 g/mol. The molecule has 0 aromatic rings. The Hall–Kier alpha value is -1.10. The summed E-state index contributed by atoms with van der Waals surface area (Å²) in [5.41, 5.74) is -0.936. The molecule has 82 valence electrons. The van der Waals surface area contributed by atoms with Crippen LogP contribution in [0.1, 0.15) is 26.7 Å². The van der Waals surface area contributed by atoms with Gasteiger partial charge in [0.1, 0.15) is 5.54 Å². The van der Waals surface area contributed by atoms with E-state index in [0.717, 1.165) is 0 Å². The second kappa shape index (κ2) is 5.59. The summed E-state index contributed by atoms with van der Waals surface area (Å²) in [6.07, 6.45) is 0.773. The number of hydrogen-bond donors (Lipinski definition) is 3. The van der Waals surface area contributed by atoms with Crippen LogP contribution in [-0.4, -0.2) is 36.1 Å². The van der Waals surface area contributed by atoms with E-state index in [0.29, 0.717) is 19.4 Å². The zero-order valence-electron chi connectivity index (χ0n) is 8.89. The first-order valence-corrected chi connectivity index (χ1v) is 4.65. The van der Waals surface area contributed by atoms with Crippen LogP contribution >= 0.6 is 0 Å². The van der Waals surface area contributed by atoms with Gasteiger partial charge < -0.3 is 15.7 Å². The van der Waals surface area contributed by atoms with Crippen LogP contribution in [0.5, 0.6) is 0 Å². The maximum atomic E-state index is 10.9. The smallest absolute Gasteiger partial charge is 0.323 e. The van der Waals surface area contributed by atoms with Crippen LogP contribution in [0.3, 0.4) is 0 Å². The first kappa shape index (κ1) is 12.9. The van der Waals surface area contributed by atoms with E-state index in [9.17, 15) is 9.59 Å². The number of aliphatic carboxylic acids is 1. The molecule has 0 aromatic carbocycles. The molecule has 5 nitrogen and oxygen atoms in total. The topological polar surface area (TPSA) is 78.4 Å². The van der Waals surface area contributed by atoms with Crippen LogP contribution in [-0.2, 0) is 9.59 Å². The van der Waals surface area contributed by atoms with E-state index < -0.39 is 11.5 Å². The first-order valence-electron chi connectivity index (χ1n) is 4.65. The molecule has 3 N–H and O–H groups in total. The van der Waals surface area contributed by atoms with E-state index >= 15 is 0 Å². The van der Waals surface area contributed by atoms with Crippen LogP contribution in [0.25, 0.3) is 0 Å². The van der Waals surface area contributed by atoms with Gasteiger partial charge >= 0.3 is 5.97 Å². The summed E-state index contributed by atoms with van der Waals surface area (Å²) in [6, 6.07) is 0. The SMILES string of the molecule is CCC(C)(NCCC(=O)NC)C(=O)O. The van der Waals surface area contributed by atoms with Gasteiger partial charge in [0, 0.05) is 20.0 Å². The lowest BCUT2D eigenvalue weighted by atomic mass is 9.99. The van der Waals surface area contributed by atoms with Crippen LogP contribution in [0.4, 0.5) is 0 Å². The first-order chi connectivity index (χ1) is 6.46. The average Bonchev–Trinajstić information content (AvgIpc) is 2.16. The second-order valence-corrected chi connectivity index (χ2v) is 3.34. The van der Waals surface area contributed by atoms with E-state index in [2.05, 4.69) is 10.6 Å². The van der Waals surface area contributed by atoms with Gasteiger partial charge in [-0.05, 0) is 13.3 Å². The van der Waals surface area contributed by atoms with Crippen molar-refractivity contribution in [2.45, 2.75) is 32.2 Å². The van der Waals surface area contributed by atoms with Crippen molar-refractivity contribution in [1.29, 1.82) is 0 Å². The van der Waals surface area contributed by atoms with Gasteiger partial charge in [-0.25, -0.2) is 0 Å². The summed E-state index contributed by atoms with van der Waals surface area (Å²) in [7, 11) is 1.55. The highest BCUT2D eigenvalue weighted by Gasteiger charge is 2.29. The normalized spacial score (nSPS) is 14.5. The van der Waals surface area contributed by atoms with Gasteiger partial charge in [0.2, 0.25) is 5.91 Å². The van der Waals surface area contributed by atoms with Crippen LogP contribution in [0, 0.1) is 0 Å². The van der Waals surface area contributed by atoms with Gasteiger partial charge in [0.05, 0.1) is 0 Å². The second-order valence-electron chi connectivity index (χ2n) is 3.34. The fourth-order valence-corrected chi connectivity index (χ4v) is 0.929. The highest BCUT2D eigenvalue weighted by Crippen LogP contribution is 2.08. The van der Waals surface area contributed by atoms with Crippen molar-refractivity contribution in [3.63, 3.8) is 0 Å². The molecule has 0 saturated carbocycles. The Morgan fingerprint density at radius 1 is 1.43 bits per heavy atom. The van der Waals surface area contributed by atoms with Crippen LogP contribution in [0.2, 0.25) is 0 Å². The van der Waals surface area contributed by atoms with E-state index in [1.54, 1.807) is 20.9 Å². The van der Waals surface area contributed by atoms with Gasteiger partial charge in [-0.15, -0.1) is 0 Å². The highest BCUT2D eigenvalue weighted by atomic mass is 16.4. The van der Waals surface area contributed by atoms with Crippen molar-refractivity contribution in [2.75, 3.05) is 13.6 Å². The molecule has 0 aliphatic carbocycles. The van der Waals surface area contributed by atoms with Crippen molar-refractivity contribution in [3.05, 3.63) is 0 Å². The molecule has 0 saturated heterocycles. The van der Waals surface area contributed by atoms with Crippen molar-refractivity contribution >= 4 is 11.9 Å². The molecule has 1 atom stereocenters. The molecule has 0 aliphatic rings. The molecule has 0 spiro atoms. The molecule has 0 rings (SSSR count). The molecule has 0 heterocycles. The number of nitrogens with one attached hydrogen (secondary N) is 2. The average molecular weight is 202 g/mol. The Morgan fingerprint density at radius 3 is 2.36 bits per heavy atom. The van der Waals surface area contributed by atoms with E-state index in [4.69, 9.17) is 5.11 Å². The molecule has 5 heteroatoms. The summed E-state index contributed by atoms with van der Waals surface area (Å²) >= 11 is 0. The number of rotatable bonds is 6. The minimum atomic E-state index is -0.936. The number of carbonyl (C=O) groups excluding carboxylic acids is 1. The van der Waals surface area contributed by atoms with Gasteiger partial charge in [0.25, 0.3) is 0 Å². The molecule has 14 heavy (non-hydrogen) atoms. The summed E-state index contributed by atoms with van der Waals surface area (Å²) < 4.78 is 0. The van der Waals surface area contributed by atoms with Gasteiger partial charge in [-0.1, -0.05) is 6.92 Å². The molecule has 1 amide bonds. The lowest BCUT2D eigenvalue weighted by Crippen LogP contribution is -2.49. The molecule has 0 aromatic heterocycles. The van der Waals surface area contributed by atoms with Crippen molar-refractivity contribution in [2.24, 2.45) is 0 Å². The molecule has 0 fully saturated rings. The number of hydrogen-bond acceptors (Lipinski definition) is 3. The maximum absolute atomic E-state index is 10.9. The molecule has 1 unspecified atom stereocenters. The zero-order chi connectivity index (χ0) is 11.2. The third kappa shape index (κ3) is 3.74. The number of carboxylic acids is 1. The number of carboxylic acid groups (broad SMARTS) is 1. The Bertz CT molecular complexity index is 218. The highest BCUT2D eigenvalue weighted by molar-refractivity contribution is 5.78. The minimum Gasteiger partial charge on any atom is -0.480 e. The predicted octanol–water partition coefficient (Wildman–Crippen LogP) is -0.0346. The third-order valence-electron chi connectivity index (χ3n) is 2.33. The quantitative estimate of drug-likeness (QED) is 0.565. The monoisotopic (exact) mass is 202 g/mol. The Morgan fingerprint density at radius 2 is 2.00 bits per heavy atom. The maximum Gasteiger partial charge on any atom is 0.323 e. The largest absolute Gasteiger partial charge is 0.480 e. The van der Waals surface area contributed by atoms with Crippen molar-refractivity contribution in [3.8, 4) is 0 Å². The number of carbonyl (C=O) groups is 2. The van der Waals surface area contributed by atoms with E-state index in [1.807, 2.05) is 0 Å². The Kier molecular flexibility index (Phi) is 5.15. The third-order valence-corrected chi connectivity index (χ3v) is 2.33. The summed E-state index contributed by atoms with van der Waals surface area (Å²) in [5.74, 6) is -0.988. The van der Waals surface area contributed by atoms with Crippen LogP contribution < -0.4 is 10.6 Å². The molecular formula is C9H18N2O3. The summed E-state index contributed by atoms with van der Waals surface area (Å²) in [4.78, 5) is 21.7.